The largest absolute Gasteiger partial charge is 0.493 e. The van der Waals surface area contributed by atoms with Gasteiger partial charge in [0.15, 0.2) is 18.1 Å². The first-order valence-electron chi connectivity index (χ1n) is 9.53. The predicted molar refractivity (Wildman–Crippen MR) is 127 cm³/mol. The van der Waals surface area contributed by atoms with Gasteiger partial charge in [-0.05, 0) is 73.0 Å². The average Bonchev–Trinajstić information content (AvgIpc) is 2.76. The molecule has 5 nitrogen and oxygen atoms in total. The van der Waals surface area contributed by atoms with E-state index in [1.807, 2.05) is 44.2 Å². The number of hydrogen-bond acceptors (Lipinski definition) is 4. The highest BCUT2D eigenvalue weighted by Gasteiger charge is 2.09. The number of anilines is 1. The molecule has 1 N–H and O–H groups in total. The molecule has 0 aliphatic heterocycles. The Labute approximate surface area is 191 Å². The van der Waals surface area contributed by atoms with Crippen LogP contribution in [0.4, 0.5) is 11.4 Å². The summed E-state index contributed by atoms with van der Waals surface area (Å²) >= 11 is 12.2. The smallest absolute Gasteiger partial charge is 0.262 e. The summed E-state index contributed by atoms with van der Waals surface area (Å²) in [5.41, 5.74) is 4.12. The number of benzene rings is 3. The third-order valence-electron chi connectivity index (χ3n) is 4.52. The number of amides is 1. The van der Waals surface area contributed by atoms with Gasteiger partial charge in [-0.3, -0.25) is 9.79 Å². The van der Waals surface area contributed by atoms with Crippen molar-refractivity contribution in [2.45, 2.75) is 13.8 Å². The lowest BCUT2D eigenvalue weighted by Gasteiger charge is -2.12. The zero-order valence-corrected chi connectivity index (χ0v) is 18.9. The third-order valence-corrected chi connectivity index (χ3v) is 5.33. The number of carbonyl (C=O) groups excluding carboxylic acids is 1. The van der Waals surface area contributed by atoms with Gasteiger partial charge in [0.05, 0.1) is 12.8 Å². The van der Waals surface area contributed by atoms with Crippen molar-refractivity contribution in [3.05, 3.63) is 81.3 Å². The van der Waals surface area contributed by atoms with E-state index in [1.54, 1.807) is 30.5 Å². The van der Waals surface area contributed by atoms with Crippen LogP contribution in [0, 0.1) is 13.8 Å². The minimum absolute atomic E-state index is 0.169. The van der Waals surface area contributed by atoms with Crippen LogP contribution < -0.4 is 14.8 Å². The maximum Gasteiger partial charge on any atom is 0.262 e. The van der Waals surface area contributed by atoms with Gasteiger partial charge < -0.3 is 14.8 Å². The predicted octanol–water partition coefficient (Wildman–Crippen LogP) is 6.39. The van der Waals surface area contributed by atoms with Crippen LogP contribution in [0.25, 0.3) is 0 Å². The van der Waals surface area contributed by atoms with Gasteiger partial charge in [-0.15, -0.1) is 0 Å². The van der Waals surface area contributed by atoms with E-state index >= 15 is 0 Å². The fourth-order valence-corrected chi connectivity index (χ4v) is 3.06. The molecule has 3 rings (SSSR count). The van der Waals surface area contributed by atoms with E-state index in [2.05, 4.69) is 10.3 Å². The van der Waals surface area contributed by atoms with Gasteiger partial charge in [-0.1, -0.05) is 35.3 Å². The van der Waals surface area contributed by atoms with Crippen LogP contribution in [0.2, 0.25) is 10.0 Å². The second-order valence-corrected chi connectivity index (χ2v) is 7.72. The SMILES string of the molecule is COc1cc(C=Nc2ccc(C)c(Cl)c2)ccc1OCC(=O)Nc1ccc(C)c(Cl)c1. The molecular weight excluding hydrogens is 435 g/mol. The van der Waals surface area contributed by atoms with Crippen molar-refractivity contribution in [2.75, 3.05) is 19.0 Å². The molecule has 0 spiro atoms. The topological polar surface area (TPSA) is 59.9 Å². The summed E-state index contributed by atoms with van der Waals surface area (Å²) < 4.78 is 11.0. The molecule has 0 saturated carbocycles. The Bertz CT molecular complexity index is 1130. The Kier molecular flexibility index (Phi) is 7.55. The normalized spacial score (nSPS) is 10.9. The van der Waals surface area contributed by atoms with Gasteiger partial charge in [-0.2, -0.15) is 0 Å². The molecule has 3 aromatic carbocycles. The van der Waals surface area contributed by atoms with E-state index < -0.39 is 0 Å². The maximum atomic E-state index is 12.2. The van der Waals surface area contributed by atoms with E-state index in [0.29, 0.717) is 27.2 Å². The van der Waals surface area contributed by atoms with Gasteiger partial charge in [-0.25, -0.2) is 0 Å². The van der Waals surface area contributed by atoms with Crippen molar-refractivity contribution in [3.63, 3.8) is 0 Å². The summed E-state index contributed by atoms with van der Waals surface area (Å²) in [7, 11) is 1.54. The molecule has 0 aliphatic rings. The molecule has 0 fully saturated rings. The monoisotopic (exact) mass is 456 g/mol. The second-order valence-electron chi connectivity index (χ2n) is 6.90. The third kappa shape index (κ3) is 6.23. The quantitative estimate of drug-likeness (QED) is 0.419. The first-order valence-corrected chi connectivity index (χ1v) is 10.3. The average molecular weight is 457 g/mol. The van der Waals surface area contributed by atoms with Crippen LogP contribution >= 0.6 is 23.2 Å². The van der Waals surface area contributed by atoms with Crippen LogP contribution in [0.15, 0.2) is 59.6 Å². The van der Waals surface area contributed by atoms with E-state index in [9.17, 15) is 4.79 Å². The summed E-state index contributed by atoms with van der Waals surface area (Å²) in [6.07, 6.45) is 1.71. The van der Waals surface area contributed by atoms with Gasteiger partial charge in [0.1, 0.15) is 0 Å². The van der Waals surface area contributed by atoms with Gasteiger partial charge in [0, 0.05) is 21.9 Å². The van der Waals surface area contributed by atoms with Crippen molar-refractivity contribution in [2.24, 2.45) is 4.99 Å². The Morgan fingerprint density at radius 2 is 1.68 bits per heavy atom. The lowest BCUT2D eigenvalue weighted by atomic mass is 10.2. The number of ether oxygens (including phenoxy) is 2. The number of methoxy groups -OCH3 is 1. The molecule has 0 unspecified atom stereocenters. The number of nitrogens with one attached hydrogen (secondary N) is 1. The molecule has 160 valence electrons. The molecule has 0 heterocycles. The standard InChI is InChI=1S/C24H22Cl2N2O3/c1-15-4-7-18(11-20(15)25)27-13-17-6-9-22(23(10-17)30-3)31-14-24(29)28-19-8-5-16(2)21(26)12-19/h4-13H,14H2,1-3H3,(H,28,29). The minimum atomic E-state index is -0.302. The highest BCUT2D eigenvalue weighted by Crippen LogP contribution is 2.28. The van der Waals surface area contributed by atoms with Gasteiger partial charge >= 0.3 is 0 Å². The molecule has 0 saturated heterocycles. The number of aryl methyl sites for hydroxylation is 2. The Hall–Kier alpha value is -3.02. The van der Waals surface area contributed by atoms with Crippen molar-refractivity contribution in [3.8, 4) is 11.5 Å². The fourth-order valence-electron chi connectivity index (χ4n) is 2.71. The zero-order valence-electron chi connectivity index (χ0n) is 17.4. The van der Waals surface area contributed by atoms with Gasteiger partial charge in [0.25, 0.3) is 5.91 Å². The second kappa shape index (κ2) is 10.3. The summed E-state index contributed by atoms with van der Waals surface area (Å²) in [5, 5.41) is 4.01. The first-order chi connectivity index (χ1) is 14.9. The Morgan fingerprint density at radius 1 is 0.968 bits per heavy atom. The van der Waals surface area contributed by atoms with Gasteiger partial charge in [0.2, 0.25) is 0 Å². The van der Waals surface area contributed by atoms with Crippen molar-refractivity contribution in [1.29, 1.82) is 0 Å². The van der Waals surface area contributed by atoms with E-state index in [1.165, 1.54) is 7.11 Å². The molecule has 0 aromatic heterocycles. The number of aliphatic imine (C=N–C) groups is 1. The summed E-state index contributed by atoms with van der Waals surface area (Å²) in [6, 6.07) is 16.3. The van der Waals surface area contributed by atoms with Crippen molar-refractivity contribution < 1.29 is 14.3 Å². The molecule has 0 aliphatic carbocycles. The zero-order chi connectivity index (χ0) is 22.4. The molecular formula is C24H22Cl2N2O3. The summed E-state index contributed by atoms with van der Waals surface area (Å²) in [5.74, 6) is 0.649. The lowest BCUT2D eigenvalue weighted by Crippen LogP contribution is -2.20. The minimum Gasteiger partial charge on any atom is -0.493 e. The summed E-state index contributed by atoms with van der Waals surface area (Å²) in [6.45, 7) is 3.67. The number of rotatable bonds is 7. The van der Waals surface area contributed by atoms with E-state index in [4.69, 9.17) is 32.7 Å². The molecule has 3 aromatic rings. The number of halogens is 2. The molecule has 7 heteroatoms. The first kappa shape index (κ1) is 22.7. The summed E-state index contributed by atoms with van der Waals surface area (Å²) in [4.78, 5) is 16.6. The van der Waals surface area contributed by atoms with Crippen LogP contribution in [0.3, 0.4) is 0 Å². The van der Waals surface area contributed by atoms with E-state index in [0.717, 1.165) is 22.4 Å². The highest BCUT2D eigenvalue weighted by molar-refractivity contribution is 6.32. The van der Waals surface area contributed by atoms with Crippen LogP contribution in [0.5, 0.6) is 11.5 Å². The number of carbonyl (C=O) groups is 1. The van der Waals surface area contributed by atoms with Crippen molar-refractivity contribution in [1.82, 2.24) is 0 Å². The molecule has 0 radical (unpaired) electrons. The van der Waals surface area contributed by atoms with E-state index in [-0.39, 0.29) is 12.5 Å². The highest BCUT2D eigenvalue weighted by atomic mass is 35.5. The number of nitrogens with zero attached hydrogens (tertiary/aromatic N) is 1. The molecule has 0 atom stereocenters. The van der Waals surface area contributed by atoms with Crippen LogP contribution in [-0.2, 0) is 4.79 Å². The molecule has 31 heavy (non-hydrogen) atoms. The Balaban J connectivity index is 1.64. The molecule has 0 bridgehead atoms. The van der Waals surface area contributed by atoms with Crippen LogP contribution in [0.1, 0.15) is 16.7 Å². The maximum absolute atomic E-state index is 12.2. The van der Waals surface area contributed by atoms with Crippen molar-refractivity contribution >= 4 is 46.7 Å². The lowest BCUT2D eigenvalue weighted by molar-refractivity contribution is -0.118. The van der Waals surface area contributed by atoms with Crippen LogP contribution in [-0.4, -0.2) is 25.8 Å². The molecule has 1 amide bonds. The Morgan fingerprint density at radius 3 is 2.35 bits per heavy atom. The fraction of sp³-hybridized carbons (Fsp3) is 0.167. The number of hydrogen-bond donors (Lipinski definition) is 1.